The molecule has 1 aromatic carbocycles. The van der Waals surface area contributed by atoms with Crippen LogP contribution in [0.15, 0.2) is 18.2 Å². The second-order valence-electron chi connectivity index (χ2n) is 5.51. The van der Waals surface area contributed by atoms with E-state index in [0.29, 0.717) is 6.54 Å². The standard InChI is InChI=1S/C14H18N2O4/c1-14(5-2-6-14)8-15-13(20)16-10-4-3-9(12(18)19)7-11(10)17/h3-4,7,17H,2,5-6,8H2,1H3,(H,18,19)(H2,15,16,20). The monoisotopic (exact) mass is 278 g/mol. The lowest BCUT2D eigenvalue weighted by Crippen LogP contribution is -2.41. The van der Waals surface area contributed by atoms with E-state index in [1.54, 1.807) is 0 Å². The molecule has 1 fully saturated rings. The van der Waals surface area contributed by atoms with Gasteiger partial charge in [0.05, 0.1) is 11.3 Å². The highest BCUT2D eigenvalue weighted by Crippen LogP contribution is 2.39. The van der Waals surface area contributed by atoms with Gasteiger partial charge in [0.15, 0.2) is 0 Å². The van der Waals surface area contributed by atoms with E-state index >= 15 is 0 Å². The second kappa shape index (κ2) is 5.40. The number of carboxylic acid groups (broad SMARTS) is 1. The van der Waals surface area contributed by atoms with Gasteiger partial charge in [0.25, 0.3) is 0 Å². The first-order valence-corrected chi connectivity index (χ1v) is 6.51. The smallest absolute Gasteiger partial charge is 0.335 e. The average Bonchev–Trinajstić information content (AvgIpc) is 2.36. The fourth-order valence-corrected chi connectivity index (χ4v) is 2.19. The van der Waals surface area contributed by atoms with Crippen LogP contribution >= 0.6 is 0 Å². The maximum absolute atomic E-state index is 11.7. The van der Waals surface area contributed by atoms with Crippen LogP contribution in [0, 0.1) is 5.41 Å². The van der Waals surface area contributed by atoms with Gasteiger partial charge in [-0.1, -0.05) is 13.3 Å². The maximum Gasteiger partial charge on any atom is 0.335 e. The summed E-state index contributed by atoms with van der Waals surface area (Å²) in [6.07, 6.45) is 3.40. The van der Waals surface area contributed by atoms with Gasteiger partial charge >= 0.3 is 12.0 Å². The number of aromatic hydroxyl groups is 1. The molecule has 0 aromatic heterocycles. The van der Waals surface area contributed by atoms with E-state index < -0.39 is 12.0 Å². The normalized spacial score (nSPS) is 16.1. The first kappa shape index (κ1) is 14.2. The van der Waals surface area contributed by atoms with E-state index in [2.05, 4.69) is 17.6 Å². The predicted molar refractivity (Wildman–Crippen MR) is 74.0 cm³/mol. The molecule has 1 aliphatic rings. The number of rotatable bonds is 4. The lowest BCUT2D eigenvalue weighted by molar-refractivity contribution is 0.0696. The van der Waals surface area contributed by atoms with Gasteiger partial charge in [-0.2, -0.15) is 0 Å². The van der Waals surface area contributed by atoms with Crippen LogP contribution in [0.1, 0.15) is 36.5 Å². The van der Waals surface area contributed by atoms with Crippen molar-refractivity contribution in [1.82, 2.24) is 5.32 Å². The second-order valence-corrected chi connectivity index (χ2v) is 5.51. The largest absolute Gasteiger partial charge is 0.506 e. The number of urea groups is 1. The molecular formula is C14H18N2O4. The molecule has 0 saturated heterocycles. The van der Waals surface area contributed by atoms with E-state index in [-0.39, 0.29) is 22.4 Å². The summed E-state index contributed by atoms with van der Waals surface area (Å²) in [7, 11) is 0. The summed E-state index contributed by atoms with van der Waals surface area (Å²) >= 11 is 0. The fraction of sp³-hybridized carbons (Fsp3) is 0.429. The number of benzene rings is 1. The number of anilines is 1. The predicted octanol–water partition coefficient (Wildman–Crippen LogP) is 2.40. The number of amides is 2. The zero-order valence-electron chi connectivity index (χ0n) is 11.3. The van der Waals surface area contributed by atoms with Crippen molar-refractivity contribution in [3.63, 3.8) is 0 Å². The third-order valence-electron chi connectivity index (χ3n) is 3.73. The highest BCUT2D eigenvalue weighted by atomic mass is 16.4. The van der Waals surface area contributed by atoms with Crippen LogP contribution in [0.5, 0.6) is 5.75 Å². The number of carbonyl (C=O) groups is 2. The molecule has 0 unspecified atom stereocenters. The molecule has 6 heteroatoms. The first-order chi connectivity index (χ1) is 9.39. The summed E-state index contributed by atoms with van der Waals surface area (Å²) in [5.41, 5.74) is 0.328. The topological polar surface area (TPSA) is 98.7 Å². The molecule has 4 N–H and O–H groups in total. The molecular weight excluding hydrogens is 260 g/mol. The Hall–Kier alpha value is -2.24. The maximum atomic E-state index is 11.7. The van der Waals surface area contributed by atoms with E-state index in [1.165, 1.54) is 18.6 Å². The number of carbonyl (C=O) groups excluding carboxylic acids is 1. The zero-order valence-corrected chi connectivity index (χ0v) is 11.3. The van der Waals surface area contributed by atoms with Crippen LogP contribution in [0.4, 0.5) is 10.5 Å². The van der Waals surface area contributed by atoms with Crippen molar-refractivity contribution in [3.8, 4) is 5.75 Å². The van der Waals surface area contributed by atoms with Crippen molar-refractivity contribution in [2.24, 2.45) is 5.41 Å². The van der Waals surface area contributed by atoms with Crippen LogP contribution in [-0.4, -0.2) is 28.8 Å². The number of carboxylic acids is 1. The van der Waals surface area contributed by atoms with Gasteiger partial charge in [0.2, 0.25) is 0 Å². The molecule has 108 valence electrons. The first-order valence-electron chi connectivity index (χ1n) is 6.51. The number of aromatic carboxylic acids is 1. The molecule has 0 heterocycles. The highest BCUT2D eigenvalue weighted by molar-refractivity contribution is 5.93. The van der Waals surface area contributed by atoms with Crippen LogP contribution in [-0.2, 0) is 0 Å². The van der Waals surface area contributed by atoms with Crippen LogP contribution in [0.25, 0.3) is 0 Å². The van der Waals surface area contributed by atoms with Crippen molar-refractivity contribution in [3.05, 3.63) is 23.8 Å². The van der Waals surface area contributed by atoms with Crippen molar-refractivity contribution in [2.75, 3.05) is 11.9 Å². The van der Waals surface area contributed by atoms with Crippen LogP contribution in [0.2, 0.25) is 0 Å². The third-order valence-corrected chi connectivity index (χ3v) is 3.73. The number of hydrogen-bond acceptors (Lipinski definition) is 3. The quantitative estimate of drug-likeness (QED) is 0.635. The lowest BCUT2D eigenvalue weighted by atomic mass is 9.70. The Morgan fingerprint density at radius 3 is 2.55 bits per heavy atom. The Labute approximate surface area is 116 Å². The Morgan fingerprint density at radius 2 is 2.05 bits per heavy atom. The summed E-state index contributed by atoms with van der Waals surface area (Å²) in [5.74, 6) is -1.40. The molecule has 6 nitrogen and oxygen atoms in total. The summed E-state index contributed by atoms with van der Waals surface area (Å²) in [6.45, 7) is 2.71. The van der Waals surface area contributed by atoms with Gasteiger partial charge < -0.3 is 20.8 Å². The summed E-state index contributed by atoms with van der Waals surface area (Å²) in [4.78, 5) is 22.4. The Bertz CT molecular complexity index is 538. The van der Waals surface area contributed by atoms with Gasteiger partial charge in [0, 0.05) is 6.54 Å². The van der Waals surface area contributed by atoms with Crippen molar-refractivity contribution >= 4 is 17.7 Å². The van der Waals surface area contributed by atoms with Crippen molar-refractivity contribution in [2.45, 2.75) is 26.2 Å². The molecule has 2 amide bonds. The van der Waals surface area contributed by atoms with E-state index in [9.17, 15) is 14.7 Å². The van der Waals surface area contributed by atoms with Crippen molar-refractivity contribution < 1.29 is 19.8 Å². The van der Waals surface area contributed by atoms with E-state index in [1.807, 2.05) is 0 Å². The molecule has 0 bridgehead atoms. The van der Waals surface area contributed by atoms with Gasteiger partial charge in [-0.15, -0.1) is 0 Å². The molecule has 0 spiro atoms. The molecule has 0 atom stereocenters. The molecule has 1 saturated carbocycles. The molecule has 2 rings (SSSR count). The number of hydrogen-bond donors (Lipinski definition) is 4. The van der Waals surface area contributed by atoms with Crippen LogP contribution in [0.3, 0.4) is 0 Å². The average molecular weight is 278 g/mol. The molecule has 0 aliphatic heterocycles. The Balaban J connectivity index is 1.92. The minimum absolute atomic E-state index is 0.0320. The van der Waals surface area contributed by atoms with E-state index in [0.717, 1.165) is 18.9 Å². The summed E-state index contributed by atoms with van der Waals surface area (Å²) < 4.78 is 0. The number of phenolic OH excluding ortho intramolecular Hbond substituents is 1. The van der Waals surface area contributed by atoms with Gasteiger partial charge in [0.1, 0.15) is 5.75 Å². The van der Waals surface area contributed by atoms with Gasteiger partial charge in [-0.05, 0) is 36.5 Å². The minimum atomic E-state index is -1.13. The van der Waals surface area contributed by atoms with Crippen molar-refractivity contribution in [1.29, 1.82) is 0 Å². The summed E-state index contributed by atoms with van der Waals surface area (Å²) in [5, 5.41) is 23.7. The SMILES string of the molecule is CC1(CNC(=O)Nc2ccc(C(=O)O)cc2O)CCC1. The van der Waals surface area contributed by atoms with E-state index in [4.69, 9.17) is 5.11 Å². The molecule has 0 radical (unpaired) electrons. The zero-order chi connectivity index (χ0) is 14.8. The van der Waals surface area contributed by atoms with Gasteiger partial charge in [-0.25, -0.2) is 9.59 Å². The molecule has 1 aromatic rings. The molecule has 1 aliphatic carbocycles. The van der Waals surface area contributed by atoms with Gasteiger partial charge in [-0.3, -0.25) is 0 Å². The molecule has 20 heavy (non-hydrogen) atoms. The number of phenols is 1. The van der Waals surface area contributed by atoms with Crippen LogP contribution < -0.4 is 10.6 Å². The third kappa shape index (κ3) is 3.20. The highest BCUT2D eigenvalue weighted by Gasteiger charge is 2.31. The number of nitrogens with one attached hydrogen (secondary N) is 2. The Kier molecular flexibility index (Phi) is 3.83. The lowest BCUT2D eigenvalue weighted by Gasteiger charge is -2.38. The Morgan fingerprint density at radius 1 is 1.35 bits per heavy atom. The fourth-order valence-electron chi connectivity index (χ4n) is 2.19. The summed E-state index contributed by atoms with van der Waals surface area (Å²) in [6, 6.07) is 3.39. The minimum Gasteiger partial charge on any atom is -0.506 e.